The molecule has 21 heavy (non-hydrogen) atoms. The Hall–Kier alpha value is -2.18. The molecule has 0 N–H and O–H groups in total. The number of hydrogen-bond donors (Lipinski definition) is 0. The quantitative estimate of drug-likeness (QED) is 0.385. The largest absolute Gasteiger partial charge is 0.235 e. The molecule has 2 heteroatoms. The number of rotatable bonds is 8. The van der Waals surface area contributed by atoms with Crippen molar-refractivity contribution in [1.29, 1.82) is 0 Å². The second-order valence-electron chi connectivity index (χ2n) is 5.23. The first-order chi connectivity index (χ1) is 10.4. The molecule has 0 heterocycles. The molecule has 0 saturated carbocycles. The molecule has 0 spiro atoms. The molecular formula is C19H21NO. The number of nitrogens with zero attached hydrogens (tertiary/aromatic N) is 1. The van der Waals surface area contributed by atoms with Crippen LogP contribution in [0.4, 0.5) is 0 Å². The molecule has 2 aromatic rings. The van der Waals surface area contributed by atoms with Gasteiger partial charge in [0, 0.05) is 0 Å². The number of unbranched alkanes of at least 4 members (excludes halogenated alkanes) is 2. The average molecular weight is 279 g/mol. The van der Waals surface area contributed by atoms with Gasteiger partial charge in [-0.05, 0) is 30.4 Å². The molecule has 2 aromatic carbocycles. The molecule has 0 aliphatic rings. The van der Waals surface area contributed by atoms with Crippen molar-refractivity contribution >= 4 is 6.08 Å². The predicted molar refractivity (Wildman–Crippen MR) is 85.9 cm³/mol. The monoisotopic (exact) mass is 279 g/mol. The van der Waals surface area contributed by atoms with Crippen molar-refractivity contribution in [1.82, 2.24) is 0 Å². The van der Waals surface area contributed by atoms with Crippen molar-refractivity contribution in [2.75, 3.05) is 0 Å². The second kappa shape index (κ2) is 8.89. The van der Waals surface area contributed by atoms with E-state index in [4.69, 9.17) is 0 Å². The van der Waals surface area contributed by atoms with Crippen LogP contribution >= 0.6 is 0 Å². The summed E-state index contributed by atoms with van der Waals surface area (Å²) in [7, 11) is 0. The lowest BCUT2D eigenvalue weighted by atomic mass is 9.99. The summed E-state index contributed by atoms with van der Waals surface area (Å²) in [5.41, 5.74) is 2.49. The number of aliphatic imine (C=N–C) groups is 1. The van der Waals surface area contributed by atoms with Gasteiger partial charge in [0.25, 0.3) is 0 Å². The zero-order valence-corrected chi connectivity index (χ0v) is 12.2. The highest BCUT2D eigenvalue weighted by Gasteiger charge is 2.08. The van der Waals surface area contributed by atoms with Crippen LogP contribution in [0, 0.1) is 0 Å². The van der Waals surface area contributed by atoms with E-state index in [0.717, 1.165) is 31.2 Å². The Balaban J connectivity index is 1.74. The van der Waals surface area contributed by atoms with Crippen LogP contribution in [-0.2, 0) is 11.2 Å². The maximum absolute atomic E-state index is 10.6. The first kappa shape index (κ1) is 15.2. The Morgan fingerprint density at radius 1 is 0.857 bits per heavy atom. The van der Waals surface area contributed by atoms with E-state index in [9.17, 15) is 4.79 Å². The molecule has 2 rings (SSSR count). The van der Waals surface area contributed by atoms with Crippen molar-refractivity contribution < 1.29 is 4.79 Å². The van der Waals surface area contributed by atoms with Gasteiger partial charge in [-0.2, -0.15) is 4.99 Å². The van der Waals surface area contributed by atoms with Crippen LogP contribution in [0.15, 0.2) is 65.7 Å². The van der Waals surface area contributed by atoms with E-state index < -0.39 is 0 Å². The molecule has 108 valence electrons. The second-order valence-corrected chi connectivity index (χ2v) is 5.23. The van der Waals surface area contributed by atoms with Gasteiger partial charge >= 0.3 is 0 Å². The first-order valence-corrected chi connectivity index (χ1v) is 7.56. The summed E-state index contributed by atoms with van der Waals surface area (Å²) < 4.78 is 0. The Morgan fingerprint density at radius 3 is 2.19 bits per heavy atom. The summed E-state index contributed by atoms with van der Waals surface area (Å²) in [6, 6.07) is 20.5. The highest BCUT2D eigenvalue weighted by molar-refractivity contribution is 5.35. The summed E-state index contributed by atoms with van der Waals surface area (Å²) in [5, 5.41) is 0. The highest BCUT2D eigenvalue weighted by Crippen LogP contribution is 2.23. The Kier molecular flexibility index (Phi) is 6.44. The van der Waals surface area contributed by atoms with E-state index >= 15 is 0 Å². The van der Waals surface area contributed by atoms with E-state index in [0.29, 0.717) is 0 Å². The minimum Gasteiger partial charge on any atom is -0.211 e. The van der Waals surface area contributed by atoms with Gasteiger partial charge in [0.1, 0.15) is 0 Å². The van der Waals surface area contributed by atoms with Crippen LogP contribution < -0.4 is 0 Å². The van der Waals surface area contributed by atoms with Crippen molar-refractivity contribution in [3.05, 3.63) is 71.8 Å². The molecule has 0 saturated heterocycles. The van der Waals surface area contributed by atoms with Crippen LogP contribution in [0.1, 0.15) is 42.9 Å². The van der Waals surface area contributed by atoms with Gasteiger partial charge in [-0.3, -0.25) is 0 Å². The van der Waals surface area contributed by atoms with E-state index in [1.807, 2.05) is 36.4 Å². The Labute approximate surface area is 126 Å². The molecule has 0 radical (unpaired) electrons. The van der Waals surface area contributed by atoms with Gasteiger partial charge in [-0.25, -0.2) is 4.79 Å². The zero-order chi connectivity index (χ0) is 14.8. The van der Waals surface area contributed by atoms with Gasteiger partial charge in [-0.15, -0.1) is 0 Å². The fourth-order valence-corrected chi connectivity index (χ4v) is 2.53. The minimum absolute atomic E-state index is 0.0413. The summed E-state index contributed by atoms with van der Waals surface area (Å²) in [5.74, 6) is 0. The number of carbonyl (C=O) groups excluding carboxylic acids is 1. The molecule has 1 atom stereocenters. The van der Waals surface area contributed by atoms with E-state index in [1.54, 1.807) is 6.08 Å². The first-order valence-electron chi connectivity index (χ1n) is 7.56. The molecule has 0 aromatic heterocycles. The molecule has 0 fully saturated rings. The lowest BCUT2D eigenvalue weighted by Crippen LogP contribution is -1.96. The number of hydrogen-bond acceptors (Lipinski definition) is 2. The topological polar surface area (TPSA) is 29.4 Å². The lowest BCUT2D eigenvalue weighted by molar-refractivity contribution is 0.540. The van der Waals surface area contributed by atoms with Crippen LogP contribution in [0.2, 0.25) is 0 Å². The minimum atomic E-state index is -0.0413. The average Bonchev–Trinajstić information content (AvgIpc) is 2.55. The summed E-state index contributed by atoms with van der Waals surface area (Å²) in [6.45, 7) is 0. The summed E-state index contributed by atoms with van der Waals surface area (Å²) in [6.07, 6.45) is 7.15. The molecule has 2 nitrogen and oxygen atoms in total. The number of isocyanates is 1. The standard InChI is InChI=1S/C19H21NO/c21-16-20-19(18-13-7-3-8-14-18)15-9-2-6-12-17-10-4-1-5-11-17/h1,3-5,7-8,10-11,13-14,19H,2,6,9,12,15H2. The predicted octanol–water partition coefficient (Wildman–Crippen LogP) is 4.87. The van der Waals surface area contributed by atoms with Crippen LogP contribution in [-0.4, -0.2) is 6.08 Å². The van der Waals surface area contributed by atoms with E-state index in [1.165, 1.54) is 12.0 Å². The van der Waals surface area contributed by atoms with Crippen molar-refractivity contribution in [3.8, 4) is 0 Å². The Morgan fingerprint density at radius 2 is 1.52 bits per heavy atom. The summed E-state index contributed by atoms with van der Waals surface area (Å²) in [4.78, 5) is 14.5. The summed E-state index contributed by atoms with van der Waals surface area (Å²) >= 11 is 0. The fraction of sp³-hybridized carbons (Fsp3) is 0.316. The smallest absolute Gasteiger partial charge is 0.211 e. The third-order valence-corrected chi connectivity index (χ3v) is 3.68. The van der Waals surface area contributed by atoms with Gasteiger partial charge in [0.15, 0.2) is 0 Å². The van der Waals surface area contributed by atoms with Crippen molar-refractivity contribution in [3.63, 3.8) is 0 Å². The fourth-order valence-electron chi connectivity index (χ4n) is 2.53. The Bertz CT molecular complexity index is 559. The third-order valence-electron chi connectivity index (χ3n) is 3.68. The zero-order valence-electron chi connectivity index (χ0n) is 12.2. The SMILES string of the molecule is O=C=NC(CCCCCc1ccccc1)c1ccccc1. The van der Waals surface area contributed by atoms with Gasteiger partial charge in [0.2, 0.25) is 6.08 Å². The van der Waals surface area contributed by atoms with Crippen LogP contribution in [0.5, 0.6) is 0 Å². The van der Waals surface area contributed by atoms with E-state index in [-0.39, 0.29) is 6.04 Å². The molecule has 0 aliphatic heterocycles. The van der Waals surface area contributed by atoms with Crippen molar-refractivity contribution in [2.24, 2.45) is 4.99 Å². The third kappa shape index (κ3) is 5.37. The molecule has 1 unspecified atom stereocenters. The highest BCUT2D eigenvalue weighted by atomic mass is 16.1. The number of aryl methyl sites for hydroxylation is 1. The molecule has 0 bridgehead atoms. The maximum Gasteiger partial charge on any atom is 0.235 e. The maximum atomic E-state index is 10.6. The van der Waals surface area contributed by atoms with Gasteiger partial charge in [0.05, 0.1) is 6.04 Å². The van der Waals surface area contributed by atoms with Gasteiger partial charge in [-0.1, -0.05) is 73.5 Å². The van der Waals surface area contributed by atoms with Crippen molar-refractivity contribution in [2.45, 2.75) is 38.1 Å². The molecule has 0 amide bonds. The van der Waals surface area contributed by atoms with E-state index in [2.05, 4.69) is 29.3 Å². The normalized spacial score (nSPS) is 11.6. The lowest BCUT2D eigenvalue weighted by Gasteiger charge is -2.10. The van der Waals surface area contributed by atoms with Crippen LogP contribution in [0.3, 0.4) is 0 Å². The van der Waals surface area contributed by atoms with Gasteiger partial charge < -0.3 is 0 Å². The number of benzene rings is 2. The van der Waals surface area contributed by atoms with Crippen LogP contribution in [0.25, 0.3) is 0 Å². The molecular weight excluding hydrogens is 258 g/mol. The molecule has 0 aliphatic carbocycles.